The number of pyridine rings is 1. The molecule has 0 bridgehead atoms. The van der Waals surface area contributed by atoms with E-state index in [1.807, 2.05) is 0 Å². The molecule has 108 valence electrons. The van der Waals surface area contributed by atoms with E-state index in [1.54, 1.807) is 30.3 Å². The van der Waals surface area contributed by atoms with Gasteiger partial charge >= 0.3 is 0 Å². The van der Waals surface area contributed by atoms with Gasteiger partial charge in [0.1, 0.15) is 0 Å². The summed E-state index contributed by atoms with van der Waals surface area (Å²) >= 11 is 5.98. The zero-order valence-corrected chi connectivity index (χ0v) is 12.3. The van der Waals surface area contributed by atoms with Gasteiger partial charge in [-0.25, -0.2) is 18.4 Å². The third kappa shape index (κ3) is 3.14. The molecule has 0 spiro atoms. The van der Waals surface area contributed by atoms with Crippen LogP contribution in [0.15, 0.2) is 42.9 Å². The normalized spacial score (nSPS) is 11.7. The summed E-state index contributed by atoms with van der Waals surface area (Å²) in [5.74, 6) is -0.201. The third-order valence-electron chi connectivity index (χ3n) is 2.85. The number of aromatic amines is 1. The highest BCUT2D eigenvalue weighted by atomic mass is 35.5. The molecule has 0 unspecified atom stereocenters. The molecule has 0 atom stereocenters. The Balaban J connectivity index is 1.84. The fourth-order valence-electron chi connectivity index (χ4n) is 1.92. The molecule has 0 aliphatic carbocycles. The molecule has 6 nitrogen and oxygen atoms in total. The second kappa shape index (κ2) is 5.34. The molecule has 2 aromatic heterocycles. The summed E-state index contributed by atoms with van der Waals surface area (Å²) in [5.41, 5.74) is 2.11. The Labute approximate surface area is 126 Å². The number of nitrogens with one attached hydrogen (secondary N) is 2. The predicted octanol–water partition coefficient (Wildman–Crippen LogP) is 2.55. The highest BCUT2D eigenvalue weighted by Crippen LogP contribution is 2.20. The van der Waals surface area contributed by atoms with Crippen molar-refractivity contribution >= 4 is 38.5 Å². The lowest BCUT2D eigenvalue weighted by Gasteiger charge is -2.08. The topological polar surface area (TPSA) is 87.7 Å². The maximum absolute atomic E-state index is 12.2. The van der Waals surface area contributed by atoms with Crippen LogP contribution >= 0.6 is 11.6 Å². The number of nitrogens with zero attached hydrogens (tertiary/aromatic N) is 2. The predicted molar refractivity (Wildman–Crippen MR) is 81.6 cm³/mol. The first-order chi connectivity index (χ1) is 10.0. The van der Waals surface area contributed by atoms with Crippen LogP contribution in [0.1, 0.15) is 5.56 Å². The molecule has 0 amide bonds. The van der Waals surface area contributed by atoms with Crippen molar-refractivity contribution < 1.29 is 8.42 Å². The van der Waals surface area contributed by atoms with Gasteiger partial charge in [-0.1, -0.05) is 29.8 Å². The van der Waals surface area contributed by atoms with E-state index in [4.69, 9.17) is 11.6 Å². The molecule has 0 saturated heterocycles. The average Bonchev–Trinajstić information content (AvgIpc) is 2.88. The Bertz CT molecular complexity index is 892. The molecule has 21 heavy (non-hydrogen) atoms. The molecular weight excluding hydrogens is 312 g/mol. The molecule has 0 radical (unpaired) electrons. The SMILES string of the molecule is O=S(=O)(Cc1ccccc1Cl)Nc1cnc2nc[nH]c2c1. The number of halogens is 1. The fourth-order valence-corrected chi connectivity index (χ4v) is 3.41. The first-order valence-corrected chi connectivity index (χ1v) is 8.09. The first kappa shape index (κ1) is 13.8. The number of imidazole rings is 1. The van der Waals surface area contributed by atoms with E-state index in [0.717, 1.165) is 0 Å². The van der Waals surface area contributed by atoms with E-state index in [2.05, 4.69) is 19.7 Å². The van der Waals surface area contributed by atoms with Crippen molar-refractivity contribution in [3.8, 4) is 0 Å². The second-order valence-corrected chi connectivity index (χ2v) is 6.58. The van der Waals surface area contributed by atoms with Crippen molar-refractivity contribution in [2.45, 2.75) is 5.75 Å². The standard InChI is InChI=1S/C13H11ClN4O2S/c14-11-4-2-1-3-9(11)7-21(19,20)18-10-5-12-13(15-6-10)17-8-16-12/h1-6,8,18H,7H2,(H,15,16,17). The Morgan fingerprint density at radius 3 is 2.86 bits per heavy atom. The molecule has 0 aliphatic heterocycles. The molecule has 2 N–H and O–H groups in total. The zero-order valence-electron chi connectivity index (χ0n) is 10.7. The number of sulfonamides is 1. The van der Waals surface area contributed by atoms with Crippen molar-refractivity contribution in [2.75, 3.05) is 4.72 Å². The Kier molecular flexibility index (Phi) is 3.52. The summed E-state index contributed by atoms with van der Waals surface area (Å²) in [6.45, 7) is 0. The summed E-state index contributed by atoms with van der Waals surface area (Å²) < 4.78 is 26.8. The third-order valence-corrected chi connectivity index (χ3v) is 4.46. The number of H-pyrrole nitrogens is 1. The maximum atomic E-state index is 12.2. The van der Waals surface area contributed by atoms with Gasteiger partial charge in [0.25, 0.3) is 0 Å². The van der Waals surface area contributed by atoms with Crippen LogP contribution in [-0.4, -0.2) is 23.4 Å². The zero-order chi connectivity index (χ0) is 14.9. The van der Waals surface area contributed by atoms with Crippen molar-refractivity contribution in [2.24, 2.45) is 0 Å². The van der Waals surface area contributed by atoms with Crippen LogP contribution in [0.25, 0.3) is 11.2 Å². The number of hydrogen-bond acceptors (Lipinski definition) is 4. The molecular formula is C13H11ClN4O2S. The molecule has 3 rings (SSSR count). The Morgan fingerprint density at radius 1 is 1.24 bits per heavy atom. The van der Waals surface area contributed by atoms with Crippen molar-refractivity contribution in [3.63, 3.8) is 0 Å². The average molecular weight is 323 g/mol. The van der Waals surface area contributed by atoms with Crippen LogP contribution in [0.4, 0.5) is 5.69 Å². The van der Waals surface area contributed by atoms with Gasteiger partial charge in [-0.3, -0.25) is 4.72 Å². The highest BCUT2D eigenvalue weighted by molar-refractivity contribution is 7.91. The first-order valence-electron chi connectivity index (χ1n) is 6.06. The molecule has 2 heterocycles. The summed E-state index contributed by atoms with van der Waals surface area (Å²) in [7, 11) is -3.57. The molecule has 1 aromatic carbocycles. The van der Waals surface area contributed by atoms with E-state index in [1.165, 1.54) is 12.5 Å². The van der Waals surface area contributed by atoms with Crippen LogP contribution in [0.5, 0.6) is 0 Å². The van der Waals surface area contributed by atoms with Gasteiger partial charge in [0.15, 0.2) is 5.65 Å². The van der Waals surface area contributed by atoms with Crippen molar-refractivity contribution in [1.82, 2.24) is 15.0 Å². The van der Waals surface area contributed by atoms with Gasteiger partial charge in [-0.05, 0) is 17.7 Å². The van der Waals surface area contributed by atoms with E-state index in [0.29, 0.717) is 27.4 Å². The van der Waals surface area contributed by atoms with Gasteiger partial charge in [-0.2, -0.15) is 0 Å². The van der Waals surface area contributed by atoms with Crippen molar-refractivity contribution in [1.29, 1.82) is 0 Å². The molecule has 0 fully saturated rings. The summed E-state index contributed by atoms with van der Waals surface area (Å²) in [5, 5.41) is 0.421. The Morgan fingerprint density at radius 2 is 2.05 bits per heavy atom. The molecule has 0 aliphatic rings. The largest absolute Gasteiger partial charge is 0.343 e. The van der Waals surface area contributed by atoms with E-state index < -0.39 is 10.0 Å². The minimum absolute atomic E-state index is 0.201. The lowest BCUT2D eigenvalue weighted by atomic mass is 10.2. The van der Waals surface area contributed by atoms with Gasteiger partial charge in [0, 0.05) is 5.02 Å². The quantitative estimate of drug-likeness (QED) is 0.772. The monoisotopic (exact) mass is 322 g/mol. The van der Waals surface area contributed by atoms with Crippen LogP contribution in [0.2, 0.25) is 5.02 Å². The maximum Gasteiger partial charge on any atom is 0.237 e. The summed E-state index contributed by atoms with van der Waals surface area (Å²) in [6.07, 6.45) is 2.92. The van der Waals surface area contributed by atoms with Gasteiger partial charge in [-0.15, -0.1) is 0 Å². The lowest BCUT2D eigenvalue weighted by molar-refractivity contribution is 0.600. The number of aromatic nitrogens is 3. The van der Waals surface area contributed by atoms with E-state index in [-0.39, 0.29) is 5.75 Å². The highest BCUT2D eigenvalue weighted by Gasteiger charge is 2.14. The Hall–Kier alpha value is -2.12. The lowest BCUT2D eigenvalue weighted by Crippen LogP contribution is -2.15. The fraction of sp³-hybridized carbons (Fsp3) is 0.0769. The number of benzene rings is 1. The number of hydrogen-bond donors (Lipinski definition) is 2. The van der Waals surface area contributed by atoms with Gasteiger partial charge < -0.3 is 4.98 Å². The van der Waals surface area contributed by atoms with Crippen LogP contribution in [0, 0.1) is 0 Å². The minimum Gasteiger partial charge on any atom is -0.343 e. The van der Waals surface area contributed by atoms with Crippen LogP contribution < -0.4 is 4.72 Å². The number of rotatable bonds is 4. The van der Waals surface area contributed by atoms with Gasteiger partial charge in [0.2, 0.25) is 10.0 Å². The number of fused-ring (bicyclic) bond motifs is 1. The summed E-state index contributed by atoms with van der Waals surface area (Å²) in [6, 6.07) is 8.47. The molecule has 3 aromatic rings. The smallest absolute Gasteiger partial charge is 0.237 e. The number of anilines is 1. The second-order valence-electron chi connectivity index (χ2n) is 4.45. The van der Waals surface area contributed by atoms with Crippen LogP contribution in [-0.2, 0) is 15.8 Å². The summed E-state index contributed by atoms with van der Waals surface area (Å²) in [4.78, 5) is 10.9. The van der Waals surface area contributed by atoms with Gasteiger partial charge in [0.05, 0.1) is 29.5 Å². The molecule has 8 heteroatoms. The minimum atomic E-state index is -3.57. The van der Waals surface area contributed by atoms with E-state index in [9.17, 15) is 8.42 Å². The van der Waals surface area contributed by atoms with Crippen molar-refractivity contribution in [3.05, 3.63) is 53.4 Å². The van der Waals surface area contributed by atoms with Crippen LogP contribution in [0.3, 0.4) is 0 Å². The van der Waals surface area contributed by atoms with E-state index >= 15 is 0 Å². The molecule has 0 saturated carbocycles.